The minimum Gasteiger partial charge on any atom is -0.496 e. The number of β-lactam (4-membered cyclic amide) rings is 1. The molecule has 12 heteroatoms. The lowest BCUT2D eigenvalue weighted by Gasteiger charge is -2.50. The van der Waals surface area contributed by atoms with Crippen LogP contribution in [0.25, 0.3) is 0 Å². The molecule has 190 valence electrons. The first-order chi connectivity index (χ1) is 17.5. The van der Waals surface area contributed by atoms with Gasteiger partial charge in [0, 0.05) is 10.7 Å². The highest BCUT2D eigenvalue weighted by molar-refractivity contribution is 9.10. The number of carbonyl (C=O) groups excluding carboxylic acids is 3. The normalized spacial score (nSPS) is 18.9. The Bertz CT molecular complexity index is 1500. The van der Waals surface area contributed by atoms with Crippen molar-refractivity contribution in [2.45, 2.75) is 19.0 Å². The van der Waals surface area contributed by atoms with E-state index < -0.39 is 29.8 Å². The number of methoxy groups -OCH3 is 1. The molecule has 0 saturated carbocycles. The van der Waals surface area contributed by atoms with Crippen molar-refractivity contribution in [2.75, 3.05) is 12.0 Å². The molecule has 0 N–H and O–H groups in total. The molecule has 1 saturated heterocycles. The summed E-state index contributed by atoms with van der Waals surface area (Å²) >= 11 is 34.7. The number of amides is 3. The zero-order chi connectivity index (χ0) is 26.9. The van der Waals surface area contributed by atoms with E-state index in [0.717, 1.165) is 10.5 Å². The number of nitrogens with zero attached hydrogens (tertiary/aromatic N) is 2. The van der Waals surface area contributed by atoms with Crippen LogP contribution in [-0.4, -0.2) is 35.8 Å². The van der Waals surface area contributed by atoms with E-state index in [1.807, 2.05) is 6.92 Å². The fourth-order valence-corrected chi connectivity index (χ4v) is 6.31. The van der Waals surface area contributed by atoms with E-state index in [1.54, 1.807) is 36.4 Å². The molecule has 2 heterocycles. The monoisotopic (exact) mass is 660 g/mol. The quantitative estimate of drug-likeness (QED) is 0.124. The predicted molar refractivity (Wildman–Crippen MR) is 148 cm³/mol. The summed E-state index contributed by atoms with van der Waals surface area (Å²) in [6.07, 6.45) is 0. The van der Waals surface area contributed by atoms with E-state index >= 15 is 0 Å². The molecule has 0 aliphatic carbocycles. The van der Waals surface area contributed by atoms with Crippen LogP contribution >= 0.6 is 73.9 Å². The number of ether oxygens (including phenoxy) is 1. The summed E-state index contributed by atoms with van der Waals surface area (Å²) in [5.74, 6) is -1.50. The Morgan fingerprint density at radius 1 is 0.784 bits per heavy atom. The summed E-state index contributed by atoms with van der Waals surface area (Å²) in [5, 5.41) is -0.246. The maximum Gasteiger partial charge on any atom is 0.264 e. The van der Waals surface area contributed by atoms with Crippen molar-refractivity contribution in [2.24, 2.45) is 0 Å². The van der Waals surface area contributed by atoms with Gasteiger partial charge in [0.2, 0.25) is 0 Å². The van der Waals surface area contributed by atoms with Crippen molar-refractivity contribution in [3.63, 3.8) is 0 Å². The molecular formula is C25H14BrCl5N2O4. The molecule has 0 bridgehead atoms. The Kier molecular flexibility index (Phi) is 6.92. The lowest BCUT2D eigenvalue weighted by atomic mass is 9.86. The molecule has 6 nitrogen and oxygen atoms in total. The number of hydrogen-bond donors (Lipinski definition) is 0. The van der Waals surface area contributed by atoms with E-state index in [-0.39, 0.29) is 31.2 Å². The molecule has 0 radical (unpaired) electrons. The molecule has 3 aromatic rings. The molecule has 5 rings (SSSR count). The smallest absolute Gasteiger partial charge is 0.264 e. The van der Waals surface area contributed by atoms with E-state index in [9.17, 15) is 14.4 Å². The largest absolute Gasteiger partial charge is 0.496 e. The second kappa shape index (κ2) is 9.63. The Hall–Kier alpha value is -2.00. The number of anilines is 1. The minimum absolute atomic E-state index is 0.151. The molecule has 0 spiro atoms. The fourth-order valence-electron chi connectivity index (χ4n) is 4.56. The van der Waals surface area contributed by atoms with E-state index in [1.165, 1.54) is 12.0 Å². The van der Waals surface area contributed by atoms with Gasteiger partial charge >= 0.3 is 0 Å². The van der Waals surface area contributed by atoms with Crippen LogP contribution in [0.5, 0.6) is 5.75 Å². The van der Waals surface area contributed by atoms with Crippen molar-refractivity contribution >= 4 is 97.3 Å². The number of fused-ring (bicyclic) bond motifs is 1. The average molecular weight is 664 g/mol. The third-order valence-electron chi connectivity index (χ3n) is 6.43. The topological polar surface area (TPSA) is 66.9 Å². The second-order valence-corrected chi connectivity index (χ2v) is 11.2. The molecule has 3 amide bonds. The van der Waals surface area contributed by atoms with Crippen LogP contribution in [0.3, 0.4) is 0 Å². The van der Waals surface area contributed by atoms with Gasteiger partial charge in [-0.2, -0.15) is 0 Å². The summed E-state index contributed by atoms with van der Waals surface area (Å²) < 4.78 is 5.95. The molecule has 2 aliphatic rings. The van der Waals surface area contributed by atoms with Gasteiger partial charge in [0.05, 0.1) is 48.8 Å². The number of carbonyl (C=O) groups is 3. The highest BCUT2D eigenvalue weighted by Gasteiger charge is 2.58. The molecule has 2 unspecified atom stereocenters. The predicted octanol–water partition coefficient (Wildman–Crippen LogP) is 7.79. The van der Waals surface area contributed by atoms with Crippen LogP contribution in [0.15, 0.2) is 40.9 Å². The van der Waals surface area contributed by atoms with Crippen LogP contribution in [0, 0.1) is 6.92 Å². The first-order valence-electron chi connectivity index (χ1n) is 10.7. The molecule has 3 aromatic carbocycles. The maximum atomic E-state index is 13.7. The summed E-state index contributed by atoms with van der Waals surface area (Å²) in [4.78, 5) is 43.1. The van der Waals surface area contributed by atoms with Gasteiger partial charge in [0.15, 0.2) is 0 Å². The van der Waals surface area contributed by atoms with Gasteiger partial charge in [-0.25, -0.2) is 0 Å². The molecule has 1 fully saturated rings. The molecule has 0 aromatic heterocycles. The van der Waals surface area contributed by atoms with Crippen molar-refractivity contribution in [1.82, 2.24) is 4.90 Å². The number of benzene rings is 3. The highest BCUT2D eigenvalue weighted by Crippen LogP contribution is 2.50. The van der Waals surface area contributed by atoms with Gasteiger partial charge in [-0.3, -0.25) is 19.3 Å². The molecular weight excluding hydrogens is 649 g/mol. The zero-order valence-electron chi connectivity index (χ0n) is 18.9. The lowest BCUT2D eigenvalue weighted by molar-refractivity contribution is -0.130. The Labute approximate surface area is 245 Å². The molecule has 2 atom stereocenters. The SMILES string of the molecule is COc1ccc(C2C(N3C(=O)c4c(Cl)c(Cl)c(Cl)c(Cl)c4C3=O)C(=O)N2c2ccc(C)c(Cl)c2)cc1Br. The third kappa shape index (κ3) is 3.94. The summed E-state index contributed by atoms with van der Waals surface area (Å²) in [7, 11) is 1.53. The van der Waals surface area contributed by atoms with Crippen LogP contribution in [-0.2, 0) is 4.79 Å². The van der Waals surface area contributed by atoms with Crippen LogP contribution < -0.4 is 9.64 Å². The number of imide groups is 1. The molecule has 2 aliphatic heterocycles. The number of rotatable bonds is 4. The highest BCUT2D eigenvalue weighted by atomic mass is 79.9. The average Bonchev–Trinajstić information content (AvgIpc) is 3.12. The molecule has 37 heavy (non-hydrogen) atoms. The Morgan fingerprint density at radius 3 is 1.89 bits per heavy atom. The first-order valence-corrected chi connectivity index (χ1v) is 13.3. The maximum absolute atomic E-state index is 13.7. The minimum atomic E-state index is -1.20. The van der Waals surface area contributed by atoms with E-state index in [0.29, 0.717) is 26.5 Å². The van der Waals surface area contributed by atoms with Crippen molar-refractivity contribution in [3.05, 3.63) is 88.2 Å². The second-order valence-electron chi connectivity index (χ2n) is 8.41. The van der Waals surface area contributed by atoms with Crippen LogP contribution in [0.1, 0.15) is 37.9 Å². The van der Waals surface area contributed by atoms with Gasteiger partial charge in [0.1, 0.15) is 11.8 Å². The lowest BCUT2D eigenvalue weighted by Crippen LogP contribution is -2.67. The van der Waals surface area contributed by atoms with Gasteiger partial charge in [-0.1, -0.05) is 70.1 Å². The standard InChI is InChI=1S/C25H14BrCl5N2O4/c1-9-3-5-11(8-13(9)27)32-21(10-4-6-14(37-2)12(26)7-10)22(25(32)36)33-23(34)15-16(24(33)35)18(29)20(31)19(30)17(15)28/h3-8,21-22H,1-2H3. The number of halogens is 6. The van der Waals surface area contributed by atoms with Crippen LogP contribution in [0.4, 0.5) is 5.69 Å². The number of hydrogen-bond acceptors (Lipinski definition) is 4. The Morgan fingerprint density at radius 2 is 1.38 bits per heavy atom. The van der Waals surface area contributed by atoms with Gasteiger partial charge in [-0.05, 0) is 58.2 Å². The van der Waals surface area contributed by atoms with Crippen molar-refractivity contribution < 1.29 is 19.1 Å². The zero-order valence-corrected chi connectivity index (χ0v) is 24.3. The van der Waals surface area contributed by atoms with E-state index in [2.05, 4.69) is 15.9 Å². The van der Waals surface area contributed by atoms with Gasteiger partial charge in [0.25, 0.3) is 17.7 Å². The van der Waals surface area contributed by atoms with Crippen LogP contribution in [0.2, 0.25) is 25.1 Å². The van der Waals surface area contributed by atoms with E-state index in [4.69, 9.17) is 62.7 Å². The van der Waals surface area contributed by atoms with Crippen molar-refractivity contribution in [1.29, 1.82) is 0 Å². The first kappa shape index (κ1) is 26.6. The fraction of sp³-hybridized carbons (Fsp3) is 0.160. The number of aryl methyl sites for hydroxylation is 1. The third-order valence-corrected chi connectivity index (χ3v) is 9.26. The summed E-state index contributed by atoms with van der Waals surface area (Å²) in [6.45, 7) is 1.84. The van der Waals surface area contributed by atoms with Gasteiger partial charge < -0.3 is 9.64 Å². The van der Waals surface area contributed by atoms with Crippen molar-refractivity contribution in [3.8, 4) is 5.75 Å². The summed E-state index contributed by atoms with van der Waals surface area (Å²) in [5.41, 5.74) is 1.60. The Balaban J connectivity index is 1.65. The van der Waals surface area contributed by atoms with Gasteiger partial charge in [-0.15, -0.1) is 0 Å². The summed E-state index contributed by atoms with van der Waals surface area (Å²) in [6, 6.07) is 8.47.